The first kappa shape index (κ1) is 94.1. The summed E-state index contributed by atoms with van der Waals surface area (Å²) in [5.74, 6) is 0.242. The minimum atomic E-state index is -4.96. The van der Waals surface area contributed by atoms with Gasteiger partial charge in [0.05, 0.1) is 26.4 Å². The first-order valence-corrected chi connectivity index (χ1v) is 42.9. The number of rotatable bonds is 75. The third-order valence-corrected chi connectivity index (χ3v) is 20.5. The van der Waals surface area contributed by atoms with Crippen molar-refractivity contribution >= 4 is 39.5 Å². The molecule has 0 aliphatic heterocycles. The van der Waals surface area contributed by atoms with Crippen LogP contribution in [0.5, 0.6) is 0 Å². The Kier molecular flexibility index (Phi) is 66.2. The van der Waals surface area contributed by atoms with Crippen LogP contribution in [0.2, 0.25) is 0 Å². The molecular formula is C77H150O17P2. The topological polar surface area (TPSA) is 237 Å². The monoisotopic (exact) mass is 1410 g/mol. The molecule has 3 N–H and O–H groups in total. The number of unbranched alkanes of at least 4 members (excludes halogenated alkanes) is 41. The van der Waals surface area contributed by atoms with Crippen molar-refractivity contribution in [2.24, 2.45) is 17.8 Å². The lowest BCUT2D eigenvalue weighted by atomic mass is 9.99. The lowest BCUT2D eigenvalue weighted by molar-refractivity contribution is -0.161. The lowest BCUT2D eigenvalue weighted by Gasteiger charge is -2.21. The van der Waals surface area contributed by atoms with Gasteiger partial charge < -0.3 is 33.8 Å². The molecule has 96 heavy (non-hydrogen) atoms. The molecule has 0 aromatic heterocycles. The standard InChI is InChI=1S/C77H150O17P2/c1-8-11-12-13-14-15-24-32-37-46-53-60-76(81)94-73(65-88-75(80)59-52-45-40-39-43-50-57-70(7)10-3)67-92-96(85,86)90-63-71(78)62-89-95(83,84)91-66-72(64-87-74(79)58-51-44-36-31-28-27-29-34-41-48-55-68(4)5)93-77(82)61-54-47-38-33-26-23-21-19-17-16-18-20-22-25-30-35-42-49-56-69(6)9-2/h68-73,78H,8-67H2,1-7H3,(H,83,84)(H,85,86)/t69?,70?,71-,72-,73-/m1/s1. The molecule has 0 aliphatic rings. The molecule has 0 aromatic carbocycles. The average molecular weight is 1410 g/mol. The van der Waals surface area contributed by atoms with Crippen molar-refractivity contribution in [3.63, 3.8) is 0 Å². The molecule has 0 amide bonds. The Balaban J connectivity index is 5.19. The van der Waals surface area contributed by atoms with Crippen LogP contribution in [0.4, 0.5) is 0 Å². The molecule has 19 heteroatoms. The summed E-state index contributed by atoms with van der Waals surface area (Å²) in [6, 6.07) is 0. The minimum absolute atomic E-state index is 0.106. The van der Waals surface area contributed by atoms with E-state index in [-0.39, 0.29) is 25.7 Å². The fourth-order valence-electron chi connectivity index (χ4n) is 11.7. The summed E-state index contributed by atoms with van der Waals surface area (Å²) in [6.45, 7) is 11.9. The van der Waals surface area contributed by atoms with E-state index >= 15 is 0 Å². The smallest absolute Gasteiger partial charge is 0.462 e. The van der Waals surface area contributed by atoms with Gasteiger partial charge in [0.25, 0.3) is 0 Å². The van der Waals surface area contributed by atoms with Crippen molar-refractivity contribution in [3.8, 4) is 0 Å². The number of esters is 4. The summed E-state index contributed by atoms with van der Waals surface area (Å²) in [4.78, 5) is 72.8. The Hall–Kier alpha value is -1.94. The van der Waals surface area contributed by atoms with E-state index < -0.39 is 97.5 Å². The van der Waals surface area contributed by atoms with Gasteiger partial charge in [-0.1, -0.05) is 344 Å². The van der Waals surface area contributed by atoms with Crippen LogP contribution in [0.15, 0.2) is 0 Å². The Bertz CT molecular complexity index is 1870. The number of carbonyl (C=O) groups excluding carboxylic acids is 4. The van der Waals surface area contributed by atoms with Crippen LogP contribution < -0.4 is 0 Å². The molecule has 7 atom stereocenters. The fraction of sp³-hybridized carbons (Fsp3) is 0.948. The Labute approximate surface area is 588 Å². The highest BCUT2D eigenvalue weighted by Gasteiger charge is 2.30. The number of ether oxygens (including phenoxy) is 4. The maximum atomic E-state index is 13.1. The first-order valence-electron chi connectivity index (χ1n) is 39.9. The summed E-state index contributed by atoms with van der Waals surface area (Å²) < 4.78 is 68.5. The number of carbonyl (C=O) groups is 4. The van der Waals surface area contributed by atoms with Crippen LogP contribution in [-0.2, 0) is 65.4 Å². The maximum absolute atomic E-state index is 13.1. The zero-order valence-electron chi connectivity index (χ0n) is 62.8. The average Bonchev–Trinajstić information content (AvgIpc) is 1.41. The number of hydrogen-bond acceptors (Lipinski definition) is 15. The molecule has 17 nitrogen and oxygen atoms in total. The van der Waals surface area contributed by atoms with E-state index in [0.717, 1.165) is 114 Å². The number of aliphatic hydroxyl groups excluding tert-OH is 1. The van der Waals surface area contributed by atoms with Gasteiger partial charge in [-0.3, -0.25) is 37.3 Å². The van der Waals surface area contributed by atoms with Gasteiger partial charge in [0.1, 0.15) is 19.3 Å². The maximum Gasteiger partial charge on any atom is 0.472 e. The Morgan fingerprint density at radius 3 is 0.792 bits per heavy atom. The van der Waals surface area contributed by atoms with Gasteiger partial charge in [0, 0.05) is 25.7 Å². The Morgan fingerprint density at radius 1 is 0.302 bits per heavy atom. The van der Waals surface area contributed by atoms with Gasteiger partial charge in [0.2, 0.25) is 0 Å². The summed E-state index contributed by atoms with van der Waals surface area (Å²) in [5, 5.41) is 10.6. The van der Waals surface area contributed by atoms with Crippen molar-refractivity contribution in [1.82, 2.24) is 0 Å². The highest BCUT2D eigenvalue weighted by atomic mass is 31.2. The fourth-order valence-corrected chi connectivity index (χ4v) is 13.3. The first-order chi connectivity index (χ1) is 46.3. The largest absolute Gasteiger partial charge is 0.472 e. The molecule has 0 bridgehead atoms. The zero-order chi connectivity index (χ0) is 70.9. The summed E-state index contributed by atoms with van der Waals surface area (Å²) in [5.41, 5.74) is 0. The van der Waals surface area contributed by atoms with E-state index in [1.54, 1.807) is 0 Å². The number of aliphatic hydroxyl groups is 1. The van der Waals surface area contributed by atoms with E-state index in [9.17, 15) is 43.2 Å². The van der Waals surface area contributed by atoms with Crippen LogP contribution >= 0.6 is 15.6 Å². The predicted octanol–water partition coefficient (Wildman–Crippen LogP) is 22.6. The lowest BCUT2D eigenvalue weighted by Crippen LogP contribution is -2.30. The summed E-state index contributed by atoms with van der Waals surface area (Å²) >= 11 is 0. The molecule has 0 saturated heterocycles. The summed E-state index contributed by atoms with van der Waals surface area (Å²) in [6.07, 6.45) is 54.1. The highest BCUT2D eigenvalue weighted by molar-refractivity contribution is 7.47. The van der Waals surface area contributed by atoms with Crippen LogP contribution in [0.25, 0.3) is 0 Å². The molecule has 0 spiro atoms. The SMILES string of the molecule is CCCCCCCCCCCCCC(=O)O[C@H](COC(=O)CCCCCCCCC(C)CC)COP(=O)(O)OC[C@H](O)COP(=O)(O)OC[C@@H](COC(=O)CCCCCCCCCCCCC(C)C)OC(=O)CCCCCCCCCCCCCCCCCCCCC(C)CC. The van der Waals surface area contributed by atoms with Crippen LogP contribution in [0.3, 0.4) is 0 Å². The molecule has 0 rings (SSSR count). The third-order valence-electron chi connectivity index (χ3n) is 18.6. The predicted molar refractivity (Wildman–Crippen MR) is 391 cm³/mol. The molecule has 0 radical (unpaired) electrons. The van der Waals surface area contributed by atoms with E-state index in [2.05, 4.69) is 48.5 Å². The van der Waals surface area contributed by atoms with E-state index in [1.807, 2.05) is 0 Å². The van der Waals surface area contributed by atoms with Gasteiger partial charge in [-0.25, -0.2) is 9.13 Å². The van der Waals surface area contributed by atoms with Gasteiger partial charge in [-0.05, 0) is 43.4 Å². The van der Waals surface area contributed by atoms with Crippen molar-refractivity contribution < 1.29 is 80.2 Å². The van der Waals surface area contributed by atoms with E-state index in [0.29, 0.717) is 25.7 Å². The molecule has 0 fully saturated rings. The van der Waals surface area contributed by atoms with Crippen molar-refractivity contribution in [3.05, 3.63) is 0 Å². The zero-order valence-corrected chi connectivity index (χ0v) is 64.6. The molecule has 0 aliphatic carbocycles. The third kappa shape index (κ3) is 67.9. The number of phosphoric acid groups is 2. The minimum Gasteiger partial charge on any atom is -0.462 e. The normalized spacial score (nSPS) is 14.6. The van der Waals surface area contributed by atoms with E-state index in [4.69, 9.17) is 37.0 Å². The second-order valence-electron chi connectivity index (χ2n) is 28.7. The summed E-state index contributed by atoms with van der Waals surface area (Å²) in [7, 11) is -9.91. The van der Waals surface area contributed by atoms with Gasteiger partial charge in [0.15, 0.2) is 12.2 Å². The van der Waals surface area contributed by atoms with E-state index in [1.165, 1.54) is 199 Å². The van der Waals surface area contributed by atoms with Gasteiger partial charge in [-0.15, -0.1) is 0 Å². The second-order valence-corrected chi connectivity index (χ2v) is 31.6. The molecular weight excluding hydrogens is 1260 g/mol. The van der Waals surface area contributed by atoms with Crippen LogP contribution in [0.1, 0.15) is 395 Å². The molecule has 0 aromatic rings. The molecule has 0 saturated carbocycles. The Morgan fingerprint density at radius 2 is 0.531 bits per heavy atom. The van der Waals surface area contributed by atoms with Crippen molar-refractivity contribution in [2.75, 3.05) is 39.6 Å². The number of phosphoric ester groups is 2. The van der Waals surface area contributed by atoms with Crippen molar-refractivity contribution in [2.45, 2.75) is 414 Å². The number of hydrogen-bond donors (Lipinski definition) is 3. The van der Waals surface area contributed by atoms with Crippen LogP contribution in [0, 0.1) is 17.8 Å². The highest BCUT2D eigenvalue weighted by Crippen LogP contribution is 2.45. The van der Waals surface area contributed by atoms with Gasteiger partial charge >= 0.3 is 39.5 Å². The van der Waals surface area contributed by atoms with Crippen LogP contribution in [-0.4, -0.2) is 96.7 Å². The second kappa shape index (κ2) is 67.5. The quantitative estimate of drug-likeness (QED) is 0.0222. The molecule has 570 valence electrons. The molecule has 0 heterocycles. The van der Waals surface area contributed by atoms with Crippen molar-refractivity contribution in [1.29, 1.82) is 0 Å². The molecule has 4 unspecified atom stereocenters. The van der Waals surface area contributed by atoms with Gasteiger partial charge in [-0.2, -0.15) is 0 Å².